The third-order valence-corrected chi connectivity index (χ3v) is 15.5. The van der Waals surface area contributed by atoms with Gasteiger partial charge in [0.2, 0.25) is 76.8 Å². The minimum atomic E-state index is -1.83. The Labute approximate surface area is 613 Å². The Bertz CT molecular complexity index is 3040. The van der Waals surface area contributed by atoms with Crippen LogP contribution < -0.4 is 97.8 Å². The average Bonchev–Trinajstić information content (AvgIpc) is 0.893. The molecule has 0 unspecified atom stereocenters. The van der Waals surface area contributed by atoms with Crippen molar-refractivity contribution >= 4 is 119 Å². The van der Waals surface area contributed by atoms with Gasteiger partial charge >= 0.3 is 41.8 Å². The molecule has 10 atom stereocenters. The Hall–Kier alpha value is -10.8. The van der Waals surface area contributed by atoms with Crippen LogP contribution in [0.5, 0.6) is 0 Å². The maximum atomic E-state index is 13.9. The third-order valence-electron chi connectivity index (χ3n) is 15.5. The molecular formula is C62H104N18O27. The van der Waals surface area contributed by atoms with Crippen molar-refractivity contribution in [1.82, 2.24) is 69.1 Å². The quantitative estimate of drug-likeness (QED) is 0.0252. The second-order valence-electron chi connectivity index (χ2n) is 24.3. The Morgan fingerprint density at radius 3 is 0.636 bits per heavy atom. The first-order valence-electron chi connectivity index (χ1n) is 34.4. The van der Waals surface area contributed by atoms with Crippen LogP contribution in [0.25, 0.3) is 0 Å². The topological polar surface area (TPSA) is 770 Å². The highest BCUT2D eigenvalue weighted by Gasteiger charge is 2.34. The number of carboxylic acid groups (broad SMARTS) is 7. The molecule has 0 aliphatic carbocycles. The summed E-state index contributed by atoms with van der Waals surface area (Å²) < 4.78 is 0. The zero-order chi connectivity index (χ0) is 81.1. The van der Waals surface area contributed by atoms with Crippen LogP contribution in [0.15, 0.2) is 0 Å². The van der Waals surface area contributed by atoms with E-state index in [-0.39, 0.29) is 84.0 Å². The summed E-state index contributed by atoms with van der Waals surface area (Å²) in [4.78, 5) is 255. The molecule has 45 nitrogen and oxygen atoms in total. The molecule has 0 aromatic carbocycles. The van der Waals surface area contributed by atoms with E-state index in [0.29, 0.717) is 25.7 Å². The van der Waals surface area contributed by atoms with Gasteiger partial charge in [-0.15, -0.1) is 0 Å². The molecule has 107 heavy (non-hydrogen) atoms. The lowest BCUT2D eigenvalue weighted by Gasteiger charge is -2.25. The molecule has 0 aromatic heterocycles. The predicted octanol–water partition coefficient (Wildman–Crippen LogP) is -9.07. The first-order valence-corrected chi connectivity index (χ1v) is 34.4. The molecular weight excluding hydrogens is 1430 g/mol. The van der Waals surface area contributed by atoms with Gasteiger partial charge in [-0.25, -0.2) is 4.79 Å². The summed E-state index contributed by atoms with van der Waals surface area (Å²) in [5.74, 6) is -23.9. The number of unbranched alkanes of at least 4 members (excludes halogenated alkanes) is 4. The monoisotopic (exact) mass is 1530 g/mol. The number of hydrogen-bond acceptors (Lipinski definition) is 25. The average molecular weight is 1530 g/mol. The Kier molecular flexibility index (Phi) is 49.2. The number of carboxylic acids is 7. The summed E-state index contributed by atoms with van der Waals surface area (Å²) in [7, 11) is 0. The van der Waals surface area contributed by atoms with Gasteiger partial charge in [-0.2, -0.15) is 0 Å². The van der Waals surface area contributed by atoms with Crippen LogP contribution in [0.1, 0.15) is 154 Å². The smallest absolute Gasteiger partial charge is 0.326 e. The second kappa shape index (κ2) is 54.8. The minimum absolute atomic E-state index is 0.0842. The van der Waals surface area contributed by atoms with Crippen molar-refractivity contribution in [2.24, 2.45) is 28.7 Å². The van der Waals surface area contributed by atoms with Crippen LogP contribution in [-0.4, -0.2) is 267 Å². The summed E-state index contributed by atoms with van der Waals surface area (Å²) in [5, 5.41) is 94.6. The van der Waals surface area contributed by atoms with Crippen molar-refractivity contribution < 1.29 is 132 Å². The standard InChI is InChI=1S/C62H104N18O27/c63-25-5-1-9-34(77-58(102)36(11-3-7-27-65)72-43(81)29-70-56(100)38(14-20-48(87)88)76-53(97)33(67)13-19-47(85)86)54(98)68-31-45(83)74-40(16-22-50(91)92)60(104)79-39(15-21-49(89)90)57(101)71-30-44(82)73-37(12-4-8-28-66)59(103)78-35(10-2-6-26-64)55(99)69-32-46(84)75-41(17-23-51(93)94)61(105)80-42(62(106)107)18-24-52(95)96/h33-42H,1-32,63-67H2,(H,68,98)(H,69,99)(H,70,100)(H,71,101)(H,72,81)(H,73,82)(H,74,83)(H,75,84)(H,76,97)(H,77,102)(H,78,103)(H,79,104)(H,80,105)(H,85,86)(H,87,88)(H,89,90)(H,91,92)(H,93,94)(H,95,96)(H,106,107)/t33-,34-,35-,36-,37-,38-,39-,40-,41-,42-/m0/s1. The number of nitrogens with one attached hydrogen (secondary N) is 13. The SMILES string of the molecule is NCCCC[C@H](NC(=O)CNC(=O)[C@H](CCC(=O)O)NC(=O)[C@H](CCC(=O)O)NC(=O)CNC(=O)[C@H](CCCCN)NC(=O)[C@H](CCCCN)NC(=O)CNC(=O)[C@H](CCC(=O)O)NC(=O)[C@@H](N)CCC(=O)O)C(=O)N[C@@H](CCCCN)C(=O)NCC(=O)N[C@@H](CCC(=O)O)C(=O)N[C@@H](CCC(=O)O)C(=O)O. The minimum Gasteiger partial charge on any atom is -0.481 e. The van der Waals surface area contributed by atoms with E-state index in [2.05, 4.69) is 63.8 Å². The number of nitrogens with two attached hydrogens (primary N) is 5. The van der Waals surface area contributed by atoms with E-state index in [9.17, 15) is 121 Å². The van der Waals surface area contributed by atoms with Crippen LogP contribution >= 0.6 is 0 Å². The van der Waals surface area contributed by atoms with Gasteiger partial charge in [-0.3, -0.25) is 91.1 Å². The largest absolute Gasteiger partial charge is 0.481 e. The number of carbonyl (C=O) groups is 20. The van der Waals surface area contributed by atoms with Crippen molar-refractivity contribution in [3.8, 4) is 0 Å². The van der Waals surface area contributed by atoms with E-state index in [1.165, 1.54) is 0 Å². The van der Waals surface area contributed by atoms with Crippen LogP contribution in [0.4, 0.5) is 0 Å². The van der Waals surface area contributed by atoms with Crippen LogP contribution in [0.2, 0.25) is 0 Å². The van der Waals surface area contributed by atoms with Gasteiger partial charge in [0, 0.05) is 38.5 Å². The fourth-order valence-electron chi connectivity index (χ4n) is 9.64. The molecule has 13 amide bonds. The number of amides is 13. The molecule has 0 saturated heterocycles. The highest BCUT2D eigenvalue weighted by Crippen LogP contribution is 2.11. The summed E-state index contributed by atoms with van der Waals surface area (Å²) in [6, 6.07) is -15.8. The van der Waals surface area contributed by atoms with E-state index >= 15 is 0 Å². The summed E-state index contributed by atoms with van der Waals surface area (Å²) in [6.07, 6.45) is -5.72. The van der Waals surface area contributed by atoms with Crippen molar-refractivity contribution in [1.29, 1.82) is 0 Å². The molecule has 0 aromatic rings. The molecule has 0 radical (unpaired) electrons. The van der Waals surface area contributed by atoms with E-state index in [4.69, 9.17) is 38.9 Å². The van der Waals surface area contributed by atoms with Crippen LogP contribution in [0, 0.1) is 0 Å². The molecule has 0 rings (SSSR count). The highest BCUT2D eigenvalue weighted by atomic mass is 16.4. The lowest BCUT2D eigenvalue weighted by Crippen LogP contribution is -2.57. The third kappa shape index (κ3) is 45.2. The Morgan fingerprint density at radius 1 is 0.224 bits per heavy atom. The van der Waals surface area contributed by atoms with Gasteiger partial charge < -0.3 is 134 Å². The van der Waals surface area contributed by atoms with Crippen molar-refractivity contribution in [2.75, 3.05) is 52.4 Å². The van der Waals surface area contributed by atoms with Gasteiger partial charge in [-0.05, 0) is 142 Å². The Balaban J connectivity index is 6.48. The molecule has 30 N–H and O–H groups in total. The van der Waals surface area contributed by atoms with Gasteiger partial charge in [0.15, 0.2) is 0 Å². The van der Waals surface area contributed by atoms with Crippen molar-refractivity contribution in [3.05, 3.63) is 0 Å². The molecule has 0 fully saturated rings. The molecule has 0 spiro atoms. The van der Waals surface area contributed by atoms with Crippen LogP contribution in [0.3, 0.4) is 0 Å². The number of aliphatic carboxylic acids is 7. The van der Waals surface area contributed by atoms with E-state index in [1.807, 2.05) is 5.32 Å². The normalized spacial score (nSPS) is 13.6. The molecule has 0 aliphatic rings. The summed E-state index contributed by atoms with van der Waals surface area (Å²) >= 11 is 0. The zero-order valence-electron chi connectivity index (χ0n) is 59.1. The molecule has 604 valence electrons. The zero-order valence-corrected chi connectivity index (χ0v) is 59.1. The van der Waals surface area contributed by atoms with E-state index in [1.54, 1.807) is 0 Å². The van der Waals surface area contributed by atoms with Gasteiger partial charge in [0.05, 0.1) is 32.2 Å². The number of rotatable bonds is 61. The Morgan fingerprint density at radius 2 is 0.411 bits per heavy atom. The van der Waals surface area contributed by atoms with E-state index < -0.39 is 276 Å². The molecule has 0 aliphatic heterocycles. The predicted molar refractivity (Wildman–Crippen MR) is 368 cm³/mol. The molecule has 45 heteroatoms. The second-order valence-corrected chi connectivity index (χ2v) is 24.3. The number of hydrogen-bond donors (Lipinski definition) is 25. The van der Waals surface area contributed by atoms with Crippen molar-refractivity contribution in [2.45, 2.75) is 215 Å². The van der Waals surface area contributed by atoms with Gasteiger partial charge in [0.25, 0.3) is 0 Å². The first-order chi connectivity index (χ1) is 50.5. The maximum absolute atomic E-state index is 13.9. The fraction of sp³-hybridized carbons (Fsp3) is 0.677. The molecule has 0 heterocycles. The summed E-state index contributed by atoms with van der Waals surface area (Å²) in [5.41, 5.74) is 28.3. The van der Waals surface area contributed by atoms with Gasteiger partial charge in [-0.1, -0.05) is 0 Å². The lowest BCUT2D eigenvalue weighted by molar-refractivity contribution is -0.144. The van der Waals surface area contributed by atoms with Gasteiger partial charge in [0.1, 0.15) is 54.4 Å². The van der Waals surface area contributed by atoms with Crippen molar-refractivity contribution in [3.63, 3.8) is 0 Å². The molecule has 0 bridgehead atoms. The molecule has 0 saturated carbocycles. The fourth-order valence-corrected chi connectivity index (χ4v) is 9.64. The van der Waals surface area contributed by atoms with E-state index in [0.717, 1.165) is 0 Å². The summed E-state index contributed by atoms with van der Waals surface area (Å²) in [6.45, 7) is -3.10. The number of carbonyl (C=O) groups excluding carboxylic acids is 13. The highest BCUT2D eigenvalue weighted by molar-refractivity contribution is 5.99. The lowest BCUT2D eigenvalue weighted by atomic mass is 10.1. The van der Waals surface area contributed by atoms with Crippen LogP contribution in [-0.2, 0) is 95.9 Å². The first kappa shape index (κ1) is 96.2. The maximum Gasteiger partial charge on any atom is 0.326 e.